The summed E-state index contributed by atoms with van der Waals surface area (Å²) in [6, 6.07) is 5.48. The number of nitrogens with one attached hydrogen (secondary N) is 1. The summed E-state index contributed by atoms with van der Waals surface area (Å²) >= 11 is 0. The largest absolute Gasteiger partial charge is 0.493 e. The third-order valence-electron chi connectivity index (χ3n) is 3.15. The molecule has 7 heteroatoms. The van der Waals surface area contributed by atoms with Gasteiger partial charge >= 0.3 is 5.69 Å². The van der Waals surface area contributed by atoms with Crippen molar-refractivity contribution in [1.82, 2.24) is 9.97 Å². The predicted octanol–water partition coefficient (Wildman–Crippen LogP) is 2.03. The van der Waals surface area contributed by atoms with Gasteiger partial charge in [0, 0.05) is 19.0 Å². The molecule has 0 saturated heterocycles. The van der Waals surface area contributed by atoms with E-state index in [4.69, 9.17) is 4.74 Å². The van der Waals surface area contributed by atoms with Gasteiger partial charge in [0.25, 0.3) is 0 Å². The number of aromatic nitrogens is 2. The molecule has 2 aromatic rings. The summed E-state index contributed by atoms with van der Waals surface area (Å²) in [6.07, 6.45) is 2.03. The summed E-state index contributed by atoms with van der Waals surface area (Å²) in [6.45, 7) is 0.645. The molecule has 0 atom stereocenters. The molecule has 0 amide bonds. The van der Waals surface area contributed by atoms with Crippen LogP contribution in [-0.2, 0) is 6.42 Å². The number of anilines is 1. The van der Waals surface area contributed by atoms with E-state index in [9.17, 15) is 10.1 Å². The molecular weight excluding hydrogens is 260 g/mol. The van der Waals surface area contributed by atoms with Crippen molar-refractivity contribution in [2.75, 3.05) is 19.0 Å². The lowest BCUT2D eigenvalue weighted by molar-refractivity contribution is -0.384. The smallest absolute Gasteiger partial charge is 0.313 e. The zero-order valence-electron chi connectivity index (χ0n) is 10.8. The van der Waals surface area contributed by atoms with E-state index in [1.54, 1.807) is 13.1 Å². The van der Waals surface area contributed by atoms with Gasteiger partial charge in [-0.05, 0) is 23.8 Å². The summed E-state index contributed by atoms with van der Waals surface area (Å²) in [5.74, 6) is 1.18. The zero-order valence-corrected chi connectivity index (χ0v) is 10.8. The van der Waals surface area contributed by atoms with E-state index in [2.05, 4.69) is 15.3 Å². The Morgan fingerprint density at radius 1 is 1.45 bits per heavy atom. The van der Waals surface area contributed by atoms with Gasteiger partial charge in [0.15, 0.2) is 5.69 Å². The van der Waals surface area contributed by atoms with Gasteiger partial charge in [-0.2, -0.15) is 0 Å². The first kappa shape index (κ1) is 12.3. The third-order valence-corrected chi connectivity index (χ3v) is 3.15. The molecule has 3 rings (SSSR count). The predicted molar refractivity (Wildman–Crippen MR) is 72.9 cm³/mol. The summed E-state index contributed by atoms with van der Waals surface area (Å²) in [5.41, 5.74) is 1.94. The molecule has 1 N–H and O–H groups in total. The first-order valence-corrected chi connectivity index (χ1v) is 6.14. The van der Waals surface area contributed by atoms with Crippen LogP contribution in [-0.4, -0.2) is 28.5 Å². The molecule has 0 bridgehead atoms. The van der Waals surface area contributed by atoms with Gasteiger partial charge in [-0.25, -0.2) is 9.97 Å². The SMILES string of the molecule is CNc1ncc([N+](=O)[O-])c(-c2ccc3c(c2)CCO3)n1. The Bertz CT molecular complexity index is 687. The van der Waals surface area contributed by atoms with E-state index < -0.39 is 4.92 Å². The maximum atomic E-state index is 11.1. The highest BCUT2D eigenvalue weighted by Crippen LogP contribution is 2.33. The molecule has 20 heavy (non-hydrogen) atoms. The molecule has 1 aromatic carbocycles. The fraction of sp³-hybridized carbons (Fsp3) is 0.231. The molecule has 0 unspecified atom stereocenters. The Morgan fingerprint density at radius 2 is 2.30 bits per heavy atom. The molecule has 0 fully saturated rings. The Balaban J connectivity index is 2.14. The van der Waals surface area contributed by atoms with E-state index >= 15 is 0 Å². The van der Waals surface area contributed by atoms with Gasteiger partial charge in [-0.3, -0.25) is 10.1 Å². The van der Waals surface area contributed by atoms with E-state index in [1.165, 1.54) is 6.20 Å². The van der Waals surface area contributed by atoms with Crippen molar-refractivity contribution in [2.45, 2.75) is 6.42 Å². The third kappa shape index (κ3) is 2.03. The molecule has 7 nitrogen and oxygen atoms in total. The van der Waals surface area contributed by atoms with Crippen LogP contribution in [0.5, 0.6) is 5.75 Å². The van der Waals surface area contributed by atoms with Crippen LogP contribution in [0, 0.1) is 10.1 Å². The van der Waals surface area contributed by atoms with Crippen molar-refractivity contribution in [3.63, 3.8) is 0 Å². The molecule has 0 aliphatic carbocycles. The lowest BCUT2D eigenvalue weighted by Crippen LogP contribution is -2.01. The summed E-state index contributed by atoms with van der Waals surface area (Å²) < 4.78 is 5.43. The minimum Gasteiger partial charge on any atom is -0.493 e. The highest BCUT2D eigenvalue weighted by molar-refractivity contribution is 5.71. The van der Waals surface area contributed by atoms with Crippen LogP contribution in [0.1, 0.15) is 5.56 Å². The lowest BCUT2D eigenvalue weighted by Gasteiger charge is -2.06. The molecule has 0 spiro atoms. The number of rotatable bonds is 3. The van der Waals surface area contributed by atoms with Crippen LogP contribution in [0.25, 0.3) is 11.3 Å². The number of hydrogen-bond donors (Lipinski definition) is 1. The summed E-state index contributed by atoms with van der Waals surface area (Å²) in [5, 5.41) is 13.9. The lowest BCUT2D eigenvalue weighted by atomic mass is 10.1. The molecule has 0 saturated carbocycles. The van der Waals surface area contributed by atoms with E-state index in [1.807, 2.05) is 12.1 Å². The maximum Gasteiger partial charge on any atom is 0.313 e. The second-order valence-corrected chi connectivity index (χ2v) is 4.36. The van der Waals surface area contributed by atoms with Crippen molar-refractivity contribution in [1.29, 1.82) is 0 Å². The van der Waals surface area contributed by atoms with Crippen molar-refractivity contribution in [3.8, 4) is 17.0 Å². The fourth-order valence-electron chi connectivity index (χ4n) is 2.18. The molecular formula is C13H12N4O3. The average molecular weight is 272 g/mol. The monoisotopic (exact) mass is 272 g/mol. The number of benzene rings is 1. The summed E-state index contributed by atoms with van der Waals surface area (Å²) in [7, 11) is 1.67. The van der Waals surface area contributed by atoms with Crippen molar-refractivity contribution in [2.24, 2.45) is 0 Å². The van der Waals surface area contributed by atoms with Crippen molar-refractivity contribution < 1.29 is 9.66 Å². The van der Waals surface area contributed by atoms with E-state index in [-0.39, 0.29) is 5.69 Å². The Labute approximate surface area is 114 Å². The normalized spacial score (nSPS) is 12.7. The molecule has 2 heterocycles. The van der Waals surface area contributed by atoms with Crippen LogP contribution >= 0.6 is 0 Å². The molecule has 1 aliphatic heterocycles. The number of hydrogen-bond acceptors (Lipinski definition) is 6. The maximum absolute atomic E-state index is 11.1. The fourth-order valence-corrected chi connectivity index (χ4v) is 2.18. The Kier molecular flexibility index (Phi) is 2.94. The quantitative estimate of drug-likeness (QED) is 0.679. The van der Waals surface area contributed by atoms with Gasteiger partial charge in [0.05, 0.1) is 11.5 Å². The molecule has 1 aliphatic rings. The zero-order chi connectivity index (χ0) is 14.1. The minimum absolute atomic E-state index is 0.108. The second kappa shape index (κ2) is 4.76. The van der Waals surface area contributed by atoms with Crippen molar-refractivity contribution in [3.05, 3.63) is 40.1 Å². The Morgan fingerprint density at radius 3 is 3.05 bits per heavy atom. The summed E-state index contributed by atoms with van der Waals surface area (Å²) in [4.78, 5) is 18.7. The Hall–Kier alpha value is -2.70. The van der Waals surface area contributed by atoms with Crippen LogP contribution in [0.3, 0.4) is 0 Å². The van der Waals surface area contributed by atoms with Gasteiger partial charge in [-0.1, -0.05) is 0 Å². The first-order valence-electron chi connectivity index (χ1n) is 6.14. The van der Waals surface area contributed by atoms with Crippen LogP contribution in [0.4, 0.5) is 11.6 Å². The van der Waals surface area contributed by atoms with Gasteiger partial charge in [-0.15, -0.1) is 0 Å². The highest BCUT2D eigenvalue weighted by Gasteiger charge is 2.21. The highest BCUT2D eigenvalue weighted by atomic mass is 16.6. The number of nitrogens with zero attached hydrogens (tertiary/aromatic N) is 3. The standard InChI is InChI=1S/C13H12N4O3/c1-14-13-15-7-10(17(18)19)12(16-13)9-2-3-11-8(6-9)4-5-20-11/h2-3,6-7H,4-5H2,1H3,(H,14,15,16). The van der Waals surface area contributed by atoms with Gasteiger partial charge in [0.1, 0.15) is 11.9 Å². The first-order chi connectivity index (χ1) is 9.69. The van der Waals surface area contributed by atoms with Gasteiger partial charge < -0.3 is 10.1 Å². The molecule has 0 radical (unpaired) electrons. The molecule has 102 valence electrons. The number of ether oxygens (including phenoxy) is 1. The van der Waals surface area contributed by atoms with Crippen molar-refractivity contribution >= 4 is 11.6 Å². The van der Waals surface area contributed by atoms with E-state index in [0.29, 0.717) is 23.8 Å². The minimum atomic E-state index is -0.474. The average Bonchev–Trinajstić information content (AvgIpc) is 2.93. The van der Waals surface area contributed by atoms with Crippen LogP contribution < -0.4 is 10.1 Å². The van der Waals surface area contributed by atoms with E-state index in [0.717, 1.165) is 17.7 Å². The molecule has 1 aromatic heterocycles. The van der Waals surface area contributed by atoms with Gasteiger partial charge in [0.2, 0.25) is 5.95 Å². The number of fused-ring (bicyclic) bond motifs is 1. The topological polar surface area (TPSA) is 90.2 Å². The number of nitro groups is 1. The van der Waals surface area contributed by atoms with Crippen LogP contribution in [0.15, 0.2) is 24.4 Å². The van der Waals surface area contributed by atoms with Crippen LogP contribution in [0.2, 0.25) is 0 Å². The second-order valence-electron chi connectivity index (χ2n) is 4.36.